The molecule has 0 spiro atoms. The third-order valence-corrected chi connectivity index (χ3v) is 4.42. The zero-order valence-corrected chi connectivity index (χ0v) is 14.0. The second-order valence-corrected chi connectivity index (χ2v) is 6.65. The molecule has 0 saturated carbocycles. The summed E-state index contributed by atoms with van der Waals surface area (Å²) in [5.74, 6) is 10.9. The van der Waals surface area contributed by atoms with Crippen LogP contribution in [-0.4, -0.2) is 17.7 Å². The van der Waals surface area contributed by atoms with Crippen LogP contribution in [0.3, 0.4) is 0 Å². The minimum Gasteiger partial charge on any atom is -0.284 e. The predicted octanol–water partition coefficient (Wildman–Crippen LogP) is 3.33. The van der Waals surface area contributed by atoms with Crippen LogP contribution in [0.4, 0.5) is 0 Å². The first-order valence-corrected chi connectivity index (χ1v) is 8.89. The fraction of sp³-hybridized carbons (Fsp3) is 0.150. The Hall–Kier alpha value is -2.53. The van der Waals surface area contributed by atoms with Gasteiger partial charge >= 0.3 is 0 Å². The first kappa shape index (κ1) is 17.8. The van der Waals surface area contributed by atoms with Gasteiger partial charge in [0, 0.05) is 17.5 Å². The minimum atomic E-state index is -4.53. The topological polar surface area (TPSA) is 54.4 Å². The van der Waals surface area contributed by atoms with Gasteiger partial charge in [-0.15, -0.1) is 0 Å². The molecular weight excluding hydrogens is 320 g/mol. The largest absolute Gasteiger partial charge is 0.294 e. The summed E-state index contributed by atoms with van der Waals surface area (Å²) >= 11 is 0. The first-order valence-electron chi connectivity index (χ1n) is 7.45. The Labute approximate surface area is 143 Å². The molecule has 1 radical (unpaired) electrons. The molecule has 24 heavy (non-hydrogen) atoms. The van der Waals surface area contributed by atoms with E-state index < -0.39 is 14.9 Å². The lowest BCUT2D eigenvalue weighted by molar-refractivity contribution is 0.471. The van der Waals surface area contributed by atoms with Crippen LogP contribution >= 0.6 is 0 Å². The number of benzene rings is 2. The van der Waals surface area contributed by atoms with Crippen molar-refractivity contribution in [3.8, 4) is 23.7 Å². The SMILES string of the molecule is CC[CH]C(C#Cc1ccccc1)(C#Cc1ccccc1)S(=O)(=O)O. The van der Waals surface area contributed by atoms with Crippen LogP contribution in [0.15, 0.2) is 60.7 Å². The van der Waals surface area contributed by atoms with Crippen LogP contribution in [0.1, 0.15) is 24.5 Å². The highest BCUT2D eigenvalue weighted by Crippen LogP contribution is 2.21. The van der Waals surface area contributed by atoms with E-state index in [1.54, 1.807) is 55.5 Å². The molecule has 2 rings (SSSR count). The molecule has 0 aromatic heterocycles. The lowest BCUT2D eigenvalue weighted by Gasteiger charge is -2.17. The van der Waals surface area contributed by atoms with Gasteiger partial charge in [0.2, 0.25) is 4.75 Å². The molecule has 0 aliphatic rings. The van der Waals surface area contributed by atoms with Crippen molar-refractivity contribution < 1.29 is 13.0 Å². The first-order chi connectivity index (χ1) is 11.5. The van der Waals surface area contributed by atoms with E-state index in [2.05, 4.69) is 23.7 Å². The normalized spacial score (nSPS) is 10.9. The van der Waals surface area contributed by atoms with Crippen LogP contribution in [0.2, 0.25) is 0 Å². The van der Waals surface area contributed by atoms with Gasteiger partial charge in [0.1, 0.15) is 0 Å². The average Bonchev–Trinajstić information content (AvgIpc) is 2.58. The highest BCUT2D eigenvalue weighted by molar-refractivity contribution is 7.88. The third-order valence-electron chi connectivity index (χ3n) is 3.23. The molecule has 0 heterocycles. The molecule has 0 unspecified atom stereocenters. The molecule has 1 N–H and O–H groups in total. The Morgan fingerprint density at radius 1 is 0.917 bits per heavy atom. The second kappa shape index (κ2) is 7.84. The molecule has 121 valence electrons. The molecule has 0 bridgehead atoms. The van der Waals surface area contributed by atoms with Crippen molar-refractivity contribution in [2.75, 3.05) is 0 Å². The summed E-state index contributed by atoms with van der Waals surface area (Å²) in [6.45, 7) is 1.77. The van der Waals surface area contributed by atoms with Gasteiger partial charge < -0.3 is 0 Å². The monoisotopic (exact) mass is 337 g/mol. The van der Waals surface area contributed by atoms with Crippen LogP contribution < -0.4 is 0 Å². The van der Waals surface area contributed by atoms with E-state index in [-0.39, 0.29) is 0 Å². The molecule has 0 aliphatic heterocycles. The lowest BCUT2D eigenvalue weighted by Crippen LogP contribution is -2.36. The van der Waals surface area contributed by atoms with Crippen molar-refractivity contribution in [3.05, 3.63) is 78.2 Å². The van der Waals surface area contributed by atoms with E-state index in [0.29, 0.717) is 17.5 Å². The number of hydrogen-bond donors (Lipinski definition) is 1. The summed E-state index contributed by atoms with van der Waals surface area (Å²) in [7, 11) is -4.53. The minimum absolute atomic E-state index is 0.396. The smallest absolute Gasteiger partial charge is 0.284 e. The summed E-state index contributed by atoms with van der Waals surface area (Å²) in [5.41, 5.74) is 1.30. The Morgan fingerprint density at radius 3 is 1.67 bits per heavy atom. The molecule has 0 saturated heterocycles. The third kappa shape index (κ3) is 4.49. The summed E-state index contributed by atoms with van der Waals surface area (Å²) < 4.78 is 31.8. The summed E-state index contributed by atoms with van der Waals surface area (Å²) in [6, 6.07) is 17.9. The Bertz CT molecular complexity index is 836. The highest BCUT2D eigenvalue weighted by Gasteiger charge is 2.39. The van der Waals surface area contributed by atoms with E-state index >= 15 is 0 Å². The molecule has 0 aliphatic carbocycles. The van der Waals surface area contributed by atoms with Gasteiger partial charge in [0.05, 0.1) is 0 Å². The fourth-order valence-corrected chi connectivity index (χ4v) is 2.77. The maximum Gasteiger partial charge on any atom is 0.294 e. The predicted molar refractivity (Wildman–Crippen MR) is 95.5 cm³/mol. The Balaban J connectivity index is 2.54. The molecule has 0 fully saturated rings. The van der Waals surface area contributed by atoms with E-state index in [1.807, 2.05) is 12.1 Å². The quantitative estimate of drug-likeness (QED) is 0.690. The molecule has 2 aromatic carbocycles. The fourth-order valence-electron chi connectivity index (χ4n) is 2.03. The van der Waals surface area contributed by atoms with Crippen molar-refractivity contribution in [1.82, 2.24) is 0 Å². The van der Waals surface area contributed by atoms with Crippen LogP contribution in [0, 0.1) is 30.1 Å². The maximum absolute atomic E-state index is 12.0. The Kier molecular flexibility index (Phi) is 5.82. The van der Waals surface area contributed by atoms with Crippen molar-refractivity contribution in [2.24, 2.45) is 0 Å². The number of rotatable bonds is 3. The zero-order chi connectivity index (χ0) is 17.5. The van der Waals surface area contributed by atoms with Crippen molar-refractivity contribution in [2.45, 2.75) is 18.1 Å². The van der Waals surface area contributed by atoms with E-state index in [0.717, 1.165) is 0 Å². The van der Waals surface area contributed by atoms with E-state index in [9.17, 15) is 13.0 Å². The van der Waals surface area contributed by atoms with Crippen molar-refractivity contribution in [3.63, 3.8) is 0 Å². The molecular formula is C20H17O3S. The van der Waals surface area contributed by atoms with Gasteiger partial charge in [0.15, 0.2) is 0 Å². The Morgan fingerprint density at radius 2 is 1.33 bits per heavy atom. The zero-order valence-electron chi connectivity index (χ0n) is 13.2. The molecule has 0 amide bonds. The number of hydrogen-bond acceptors (Lipinski definition) is 2. The van der Waals surface area contributed by atoms with Crippen LogP contribution in [-0.2, 0) is 10.1 Å². The van der Waals surface area contributed by atoms with E-state index in [1.165, 1.54) is 6.42 Å². The maximum atomic E-state index is 12.0. The summed E-state index contributed by atoms with van der Waals surface area (Å²) in [6.07, 6.45) is 1.81. The van der Waals surface area contributed by atoms with Gasteiger partial charge in [-0.2, -0.15) is 8.42 Å². The molecule has 2 aromatic rings. The van der Waals surface area contributed by atoms with Crippen molar-refractivity contribution in [1.29, 1.82) is 0 Å². The second-order valence-electron chi connectivity index (χ2n) is 5.06. The van der Waals surface area contributed by atoms with Gasteiger partial charge in [-0.25, -0.2) is 0 Å². The van der Waals surface area contributed by atoms with E-state index in [4.69, 9.17) is 0 Å². The van der Waals surface area contributed by atoms with Gasteiger partial charge in [-0.3, -0.25) is 4.55 Å². The molecule has 4 heteroatoms. The lowest BCUT2D eigenvalue weighted by atomic mass is 10.0. The summed E-state index contributed by atoms with van der Waals surface area (Å²) in [4.78, 5) is 0. The molecule has 3 nitrogen and oxygen atoms in total. The molecule has 0 atom stereocenters. The standard InChI is InChI=1S/C20H17O3S/c1-2-15-20(24(21,22)23,16-13-18-9-5-3-6-10-18)17-14-19-11-7-4-8-12-19/h3-12,15H,2H2,1H3,(H,21,22,23). The van der Waals surface area contributed by atoms with Gasteiger partial charge in [-0.05, 0) is 30.7 Å². The van der Waals surface area contributed by atoms with Crippen LogP contribution in [0.5, 0.6) is 0 Å². The van der Waals surface area contributed by atoms with Crippen molar-refractivity contribution >= 4 is 10.1 Å². The summed E-state index contributed by atoms with van der Waals surface area (Å²) in [5, 5.41) is 0. The average molecular weight is 337 g/mol. The highest BCUT2D eigenvalue weighted by atomic mass is 32.2. The van der Waals surface area contributed by atoms with Gasteiger partial charge in [0.25, 0.3) is 10.1 Å². The van der Waals surface area contributed by atoms with Crippen LogP contribution in [0.25, 0.3) is 0 Å². The van der Waals surface area contributed by atoms with Gasteiger partial charge in [-0.1, -0.05) is 67.0 Å².